The minimum Gasteiger partial charge on any atom is -0.378 e. The summed E-state index contributed by atoms with van der Waals surface area (Å²) in [6, 6.07) is 3.61. The van der Waals surface area contributed by atoms with Crippen LogP contribution in [0.5, 0.6) is 0 Å². The number of hydrazone groups is 1. The molecule has 14 heteroatoms. The van der Waals surface area contributed by atoms with Crippen molar-refractivity contribution >= 4 is 52.8 Å². The summed E-state index contributed by atoms with van der Waals surface area (Å²) < 4.78 is 6.51. The molecule has 3 aromatic heterocycles. The second-order valence-electron chi connectivity index (χ2n) is 6.49. The Morgan fingerprint density at radius 1 is 1.37 bits per heavy atom. The first-order valence-electron chi connectivity index (χ1n) is 8.88. The second-order valence-corrected chi connectivity index (χ2v) is 8.21. The molecule has 1 aliphatic heterocycles. The first-order valence-corrected chi connectivity index (χ1v) is 10.1. The van der Waals surface area contributed by atoms with Gasteiger partial charge in [0.2, 0.25) is 11.6 Å². The fourth-order valence-corrected chi connectivity index (χ4v) is 4.02. The number of hydrogen-bond acceptors (Lipinski definition) is 10. The van der Waals surface area contributed by atoms with Crippen LogP contribution in [0.15, 0.2) is 21.9 Å². The number of rotatable bonds is 6. The molecule has 0 unspecified atom stereocenters. The molecule has 30 heavy (non-hydrogen) atoms. The van der Waals surface area contributed by atoms with E-state index in [9.17, 15) is 4.79 Å². The van der Waals surface area contributed by atoms with Crippen LogP contribution in [0.1, 0.15) is 40.8 Å². The highest BCUT2D eigenvalue weighted by atomic mass is 35.5. The Morgan fingerprint density at radius 2 is 2.13 bits per heavy atom. The molecular formula is C16H19Cl2N9O2S. The number of amides is 1. The molecule has 1 aliphatic rings. The Labute approximate surface area is 186 Å². The van der Waals surface area contributed by atoms with E-state index >= 15 is 0 Å². The Balaban J connectivity index is 0.00000256. The molecule has 0 aromatic carbocycles. The number of aromatic nitrogens is 5. The lowest BCUT2D eigenvalue weighted by Gasteiger charge is -2.13. The number of nitrogen functional groups attached to an aromatic ring is 1. The number of nitrogens with one attached hydrogen (secondary N) is 1. The summed E-state index contributed by atoms with van der Waals surface area (Å²) in [6.45, 7) is 4.15. The molecule has 1 saturated heterocycles. The van der Waals surface area contributed by atoms with E-state index in [2.05, 4.69) is 40.7 Å². The Hall–Kier alpha value is -2.54. The first kappa shape index (κ1) is 22.2. The summed E-state index contributed by atoms with van der Waals surface area (Å²) >= 11 is 7.33. The maximum Gasteiger partial charge on any atom is 0.292 e. The molecule has 1 fully saturated rings. The standard InChI is InChI=1S/C16H18ClN9O2S.ClH/c1-9(11-4-5-12(17)29-11)19-21-16(27)13-10(8-25-6-2-3-7-25)20-24-26(13)15-14(18)22-28-23-15;/h4-5H,2-3,6-8H2,1H3,(H2,18,22)(H,21,27);1H/b19-9+;. The van der Waals surface area contributed by atoms with Crippen molar-refractivity contribution in [2.75, 3.05) is 18.8 Å². The predicted octanol–water partition coefficient (Wildman–Crippen LogP) is 2.12. The molecule has 4 heterocycles. The minimum absolute atomic E-state index is 0. The van der Waals surface area contributed by atoms with Gasteiger partial charge in [0.05, 0.1) is 14.9 Å². The Kier molecular flexibility index (Phi) is 7.02. The third-order valence-corrected chi connectivity index (χ3v) is 5.82. The van der Waals surface area contributed by atoms with Crippen molar-refractivity contribution in [3.05, 3.63) is 32.7 Å². The van der Waals surface area contributed by atoms with Gasteiger partial charge in [-0.2, -0.15) is 9.78 Å². The van der Waals surface area contributed by atoms with Gasteiger partial charge >= 0.3 is 0 Å². The molecule has 11 nitrogen and oxygen atoms in total. The highest BCUT2D eigenvalue weighted by Crippen LogP contribution is 2.22. The molecule has 3 N–H and O–H groups in total. The summed E-state index contributed by atoms with van der Waals surface area (Å²) in [5.41, 5.74) is 9.63. The largest absolute Gasteiger partial charge is 0.378 e. The molecule has 0 spiro atoms. The van der Waals surface area contributed by atoms with Crippen LogP contribution in [0, 0.1) is 0 Å². The van der Waals surface area contributed by atoms with E-state index < -0.39 is 5.91 Å². The molecule has 4 rings (SSSR count). The molecule has 0 saturated carbocycles. The van der Waals surface area contributed by atoms with E-state index in [1.807, 2.05) is 6.07 Å². The number of likely N-dealkylation sites (tertiary alicyclic amines) is 1. The maximum atomic E-state index is 13.0. The molecule has 0 radical (unpaired) electrons. The van der Waals surface area contributed by atoms with Gasteiger partial charge in [-0.15, -0.1) is 28.8 Å². The van der Waals surface area contributed by atoms with E-state index in [0.717, 1.165) is 30.8 Å². The lowest BCUT2D eigenvalue weighted by atomic mass is 10.2. The molecule has 0 bridgehead atoms. The molecule has 1 amide bonds. The summed E-state index contributed by atoms with van der Waals surface area (Å²) in [6.07, 6.45) is 2.23. The Bertz CT molecular complexity index is 1050. The van der Waals surface area contributed by atoms with Gasteiger partial charge in [-0.1, -0.05) is 16.8 Å². The topological polar surface area (TPSA) is 140 Å². The highest BCUT2D eigenvalue weighted by molar-refractivity contribution is 7.18. The van der Waals surface area contributed by atoms with E-state index in [1.165, 1.54) is 16.0 Å². The fourth-order valence-electron chi connectivity index (χ4n) is 3.04. The second kappa shape index (κ2) is 9.51. The average molecular weight is 472 g/mol. The lowest BCUT2D eigenvalue weighted by Crippen LogP contribution is -2.26. The van der Waals surface area contributed by atoms with Crippen molar-refractivity contribution in [1.29, 1.82) is 0 Å². The Morgan fingerprint density at radius 3 is 2.77 bits per heavy atom. The SMILES string of the molecule is C/C(=N\NC(=O)c1c(CN2CCCC2)nnn1-c1nonc1N)c1ccc(Cl)s1.Cl. The number of nitrogens with zero attached hydrogens (tertiary/aromatic N) is 7. The van der Waals surface area contributed by atoms with Crippen molar-refractivity contribution in [2.45, 2.75) is 26.3 Å². The van der Waals surface area contributed by atoms with Crippen LogP contribution in [-0.4, -0.2) is 54.9 Å². The summed E-state index contributed by atoms with van der Waals surface area (Å²) in [4.78, 5) is 16.0. The molecule has 0 atom stereocenters. The van der Waals surface area contributed by atoms with Gasteiger partial charge in [0, 0.05) is 6.54 Å². The van der Waals surface area contributed by atoms with E-state index in [0.29, 0.717) is 22.3 Å². The molecule has 0 aliphatic carbocycles. The highest BCUT2D eigenvalue weighted by Gasteiger charge is 2.27. The third kappa shape index (κ3) is 4.61. The quantitative estimate of drug-likeness (QED) is 0.411. The number of hydrogen-bond donors (Lipinski definition) is 2. The zero-order chi connectivity index (χ0) is 20.4. The fraction of sp³-hybridized carbons (Fsp3) is 0.375. The molecule has 3 aromatic rings. The van der Waals surface area contributed by atoms with Gasteiger partial charge in [0.15, 0.2) is 5.69 Å². The van der Waals surface area contributed by atoms with E-state index in [-0.39, 0.29) is 29.7 Å². The number of anilines is 1. The van der Waals surface area contributed by atoms with Crippen LogP contribution < -0.4 is 11.2 Å². The van der Waals surface area contributed by atoms with Crippen molar-refractivity contribution < 1.29 is 9.42 Å². The van der Waals surface area contributed by atoms with Crippen LogP contribution in [-0.2, 0) is 6.54 Å². The number of carbonyl (C=O) groups excluding carboxylic acids is 1. The monoisotopic (exact) mass is 471 g/mol. The number of halogens is 2. The summed E-state index contributed by atoms with van der Waals surface area (Å²) in [7, 11) is 0. The van der Waals surface area contributed by atoms with E-state index in [4.69, 9.17) is 17.3 Å². The minimum atomic E-state index is -0.492. The molecule has 160 valence electrons. The predicted molar refractivity (Wildman–Crippen MR) is 114 cm³/mol. The van der Waals surface area contributed by atoms with Crippen molar-refractivity contribution in [1.82, 2.24) is 35.6 Å². The lowest BCUT2D eigenvalue weighted by molar-refractivity contribution is 0.0945. The molecular weight excluding hydrogens is 453 g/mol. The van der Waals surface area contributed by atoms with Gasteiger partial charge in [-0.25, -0.2) is 10.1 Å². The summed E-state index contributed by atoms with van der Waals surface area (Å²) in [5, 5.41) is 19.7. The third-order valence-electron chi connectivity index (χ3n) is 4.48. The van der Waals surface area contributed by atoms with Crippen LogP contribution in [0.4, 0.5) is 5.82 Å². The normalized spacial score (nSPS) is 14.7. The summed E-state index contributed by atoms with van der Waals surface area (Å²) in [5.74, 6) is -0.390. The number of thiophene rings is 1. The number of carbonyl (C=O) groups is 1. The van der Waals surface area contributed by atoms with Crippen LogP contribution in [0.2, 0.25) is 4.34 Å². The smallest absolute Gasteiger partial charge is 0.292 e. The van der Waals surface area contributed by atoms with Gasteiger partial charge in [-0.3, -0.25) is 9.69 Å². The van der Waals surface area contributed by atoms with Gasteiger partial charge in [-0.05, 0) is 55.3 Å². The van der Waals surface area contributed by atoms with Crippen molar-refractivity contribution in [2.24, 2.45) is 5.10 Å². The average Bonchev–Trinajstić information content (AvgIpc) is 3.48. The zero-order valence-electron chi connectivity index (χ0n) is 15.9. The maximum absolute atomic E-state index is 13.0. The number of nitrogens with two attached hydrogens (primary N) is 1. The zero-order valence-corrected chi connectivity index (χ0v) is 18.3. The first-order chi connectivity index (χ1) is 14.0. The van der Waals surface area contributed by atoms with Gasteiger partial charge in [0.1, 0.15) is 5.69 Å². The van der Waals surface area contributed by atoms with Crippen LogP contribution >= 0.6 is 35.3 Å². The van der Waals surface area contributed by atoms with Gasteiger partial charge in [0.25, 0.3) is 5.91 Å². The van der Waals surface area contributed by atoms with Crippen LogP contribution in [0.25, 0.3) is 5.82 Å². The van der Waals surface area contributed by atoms with Crippen molar-refractivity contribution in [3.8, 4) is 5.82 Å². The van der Waals surface area contributed by atoms with Crippen molar-refractivity contribution in [3.63, 3.8) is 0 Å². The van der Waals surface area contributed by atoms with Gasteiger partial charge < -0.3 is 5.73 Å². The van der Waals surface area contributed by atoms with Crippen LogP contribution in [0.3, 0.4) is 0 Å². The van der Waals surface area contributed by atoms with E-state index in [1.54, 1.807) is 13.0 Å².